The van der Waals surface area contributed by atoms with Crippen LogP contribution < -0.4 is 0 Å². The monoisotopic (exact) mass is 158 g/mol. The predicted molar refractivity (Wildman–Crippen MR) is 35.0 cm³/mol. The van der Waals surface area contributed by atoms with Crippen molar-refractivity contribution in [3.05, 3.63) is 0 Å². The molecule has 2 bridgehead atoms. The first-order chi connectivity index (χ1) is 5.31. The lowest BCUT2D eigenvalue weighted by atomic mass is 10.0. The van der Waals surface area contributed by atoms with Crippen LogP contribution >= 0.6 is 0 Å². The zero-order chi connectivity index (χ0) is 7.84. The number of hydrogen-bond donors (Lipinski definition) is 0. The first-order valence-electron chi connectivity index (χ1n) is 3.64. The third-order valence-corrected chi connectivity index (χ3v) is 2.06. The Balaban J connectivity index is 2.10. The van der Waals surface area contributed by atoms with Gasteiger partial charge in [-0.05, 0) is 0 Å². The van der Waals surface area contributed by atoms with Crippen molar-refractivity contribution in [2.45, 2.75) is 24.9 Å². The van der Waals surface area contributed by atoms with Gasteiger partial charge >= 0.3 is 0 Å². The van der Waals surface area contributed by atoms with Gasteiger partial charge in [0, 0.05) is 13.5 Å². The van der Waals surface area contributed by atoms with Gasteiger partial charge in [-0.2, -0.15) is 0 Å². The Morgan fingerprint density at radius 3 is 2.91 bits per heavy atom. The number of ether oxygens (including phenoxy) is 3. The van der Waals surface area contributed by atoms with Gasteiger partial charge in [-0.3, -0.25) is 4.79 Å². The van der Waals surface area contributed by atoms with E-state index in [1.54, 1.807) is 7.11 Å². The van der Waals surface area contributed by atoms with E-state index in [1.165, 1.54) is 0 Å². The highest BCUT2D eigenvalue weighted by atomic mass is 16.7. The number of carbonyl (C=O) groups is 1. The molecule has 4 heteroatoms. The third-order valence-electron chi connectivity index (χ3n) is 2.06. The van der Waals surface area contributed by atoms with E-state index in [2.05, 4.69) is 0 Å². The molecule has 0 aromatic heterocycles. The van der Waals surface area contributed by atoms with Gasteiger partial charge < -0.3 is 14.2 Å². The predicted octanol–water partition coefficient (Wildman–Crippen LogP) is -0.284. The molecule has 3 rings (SSSR count). The molecule has 0 radical (unpaired) electrons. The van der Waals surface area contributed by atoms with Crippen LogP contribution in [-0.4, -0.2) is 38.0 Å². The smallest absolute Gasteiger partial charge is 0.184 e. The molecule has 0 aliphatic carbocycles. The van der Waals surface area contributed by atoms with Gasteiger partial charge in [0.25, 0.3) is 0 Å². The fourth-order valence-electron chi connectivity index (χ4n) is 1.44. The van der Waals surface area contributed by atoms with E-state index in [4.69, 9.17) is 14.2 Å². The number of carbonyl (C=O) groups excluding carboxylic acids is 1. The summed E-state index contributed by atoms with van der Waals surface area (Å²) >= 11 is 0. The normalized spacial score (nSPS) is 43.0. The second kappa shape index (κ2) is 2.55. The van der Waals surface area contributed by atoms with Gasteiger partial charge in [-0.1, -0.05) is 0 Å². The van der Waals surface area contributed by atoms with Gasteiger partial charge in [0.15, 0.2) is 12.1 Å². The second-order valence-corrected chi connectivity index (χ2v) is 2.77. The molecule has 0 N–H and O–H groups in total. The van der Waals surface area contributed by atoms with Crippen LogP contribution in [0.15, 0.2) is 0 Å². The van der Waals surface area contributed by atoms with E-state index in [9.17, 15) is 4.79 Å². The molecule has 0 aromatic carbocycles. The molecule has 3 fully saturated rings. The molecule has 3 unspecified atom stereocenters. The number of ketones is 1. The molecule has 0 amide bonds. The number of Topliss-reactive ketones (excluding diaryl/α,β-unsaturated/α-hetero) is 1. The van der Waals surface area contributed by atoms with Crippen LogP contribution in [-0.2, 0) is 19.0 Å². The lowest BCUT2D eigenvalue weighted by Gasteiger charge is -2.39. The summed E-state index contributed by atoms with van der Waals surface area (Å²) < 4.78 is 15.5. The summed E-state index contributed by atoms with van der Waals surface area (Å²) in [5.74, 6) is 0.134. The van der Waals surface area contributed by atoms with Crippen LogP contribution in [0.5, 0.6) is 0 Å². The van der Waals surface area contributed by atoms with E-state index < -0.39 is 0 Å². The summed E-state index contributed by atoms with van der Waals surface area (Å²) in [4.78, 5) is 11.1. The Morgan fingerprint density at radius 2 is 2.45 bits per heavy atom. The maximum absolute atomic E-state index is 11.1. The van der Waals surface area contributed by atoms with E-state index in [1.807, 2.05) is 0 Å². The van der Waals surface area contributed by atoms with Crippen LogP contribution in [0.3, 0.4) is 0 Å². The minimum Gasteiger partial charge on any atom is -0.369 e. The van der Waals surface area contributed by atoms with Crippen molar-refractivity contribution < 1.29 is 19.0 Å². The summed E-state index contributed by atoms with van der Waals surface area (Å²) in [6, 6.07) is 0. The quantitative estimate of drug-likeness (QED) is 0.526. The largest absolute Gasteiger partial charge is 0.369 e. The molecule has 3 saturated heterocycles. The van der Waals surface area contributed by atoms with Gasteiger partial charge in [0.2, 0.25) is 0 Å². The van der Waals surface area contributed by atoms with Crippen molar-refractivity contribution in [2.75, 3.05) is 13.7 Å². The molecular weight excluding hydrogens is 148 g/mol. The number of methoxy groups -OCH3 is 1. The molecular formula is C7H10O4. The molecule has 0 saturated carbocycles. The Morgan fingerprint density at radius 1 is 1.64 bits per heavy atom. The Bertz CT molecular complexity index is 179. The van der Waals surface area contributed by atoms with E-state index in [-0.39, 0.29) is 24.3 Å². The van der Waals surface area contributed by atoms with Gasteiger partial charge in [0.1, 0.15) is 12.2 Å². The average Bonchev–Trinajstić information content (AvgIpc) is 2.05. The van der Waals surface area contributed by atoms with Crippen molar-refractivity contribution in [1.29, 1.82) is 0 Å². The summed E-state index contributed by atoms with van der Waals surface area (Å²) in [5, 5.41) is 0. The van der Waals surface area contributed by atoms with E-state index in [0.717, 1.165) is 0 Å². The molecule has 62 valence electrons. The topological polar surface area (TPSA) is 44.8 Å². The van der Waals surface area contributed by atoms with Crippen LogP contribution in [0, 0.1) is 0 Å². The van der Waals surface area contributed by atoms with Crippen molar-refractivity contribution in [3.8, 4) is 0 Å². The first-order valence-corrected chi connectivity index (χ1v) is 3.64. The highest BCUT2D eigenvalue weighted by molar-refractivity contribution is 5.85. The minimum absolute atomic E-state index is 0.134. The number of hydrogen-bond acceptors (Lipinski definition) is 4. The van der Waals surface area contributed by atoms with Crippen molar-refractivity contribution >= 4 is 5.78 Å². The standard InChI is InChI=1S/C7H10O4/c1-9-7-5-2-4(8)6(11-7)3-10-5/h5-7H,2-3H2,1H3. The Hall–Kier alpha value is -0.450. The highest BCUT2D eigenvalue weighted by Gasteiger charge is 2.43. The Labute approximate surface area is 64.4 Å². The van der Waals surface area contributed by atoms with Crippen molar-refractivity contribution in [1.82, 2.24) is 0 Å². The SMILES string of the molecule is COC1OC2COC1CC2=O. The molecule has 3 aliphatic heterocycles. The van der Waals surface area contributed by atoms with Crippen LogP contribution in [0.2, 0.25) is 0 Å². The first kappa shape index (κ1) is 7.21. The molecule has 0 spiro atoms. The highest BCUT2D eigenvalue weighted by Crippen LogP contribution is 2.26. The van der Waals surface area contributed by atoms with Gasteiger partial charge in [-0.25, -0.2) is 0 Å². The minimum atomic E-state index is -0.384. The van der Waals surface area contributed by atoms with Gasteiger partial charge in [-0.15, -0.1) is 0 Å². The summed E-state index contributed by atoms with van der Waals surface area (Å²) in [6.07, 6.45) is -0.475. The molecule has 11 heavy (non-hydrogen) atoms. The number of rotatable bonds is 1. The molecule has 3 heterocycles. The maximum Gasteiger partial charge on any atom is 0.184 e. The summed E-state index contributed by atoms with van der Waals surface area (Å²) in [6.45, 7) is 0.392. The second-order valence-electron chi connectivity index (χ2n) is 2.77. The summed E-state index contributed by atoms with van der Waals surface area (Å²) in [7, 11) is 1.55. The van der Waals surface area contributed by atoms with E-state index >= 15 is 0 Å². The fourth-order valence-corrected chi connectivity index (χ4v) is 1.44. The number of fused-ring (bicyclic) bond motifs is 3. The van der Waals surface area contributed by atoms with Crippen LogP contribution in [0.4, 0.5) is 0 Å². The Kier molecular flexibility index (Phi) is 1.67. The molecule has 3 atom stereocenters. The molecule has 4 nitrogen and oxygen atoms in total. The lowest BCUT2D eigenvalue weighted by Crippen LogP contribution is -2.54. The molecule has 0 aromatic rings. The molecule has 3 aliphatic rings. The average molecular weight is 158 g/mol. The van der Waals surface area contributed by atoms with Crippen molar-refractivity contribution in [2.24, 2.45) is 0 Å². The lowest BCUT2D eigenvalue weighted by molar-refractivity contribution is -0.279. The van der Waals surface area contributed by atoms with E-state index in [0.29, 0.717) is 13.0 Å². The summed E-state index contributed by atoms with van der Waals surface area (Å²) in [5.41, 5.74) is 0. The third kappa shape index (κ3) is 1.07. The maximum atomic E-state index is 11.1. The zero-order valence-electron chi connectivity index (χ0n) is 6.28. The fraction of sp³-hybridized carbons (Fsp3) is 0.857. The van der Waals surface area contributed by atoms with Crippen LogP contribution in [0.25, 0.3) is 0 Å². The van der Waals surface area contributed by atoms with Crippen molar-refractivity contribution in [3.63, 3.8) is 0 Å². The van der Waals surface area contributed by atoms with Crippen LogP contribution in [0.1, 0.15) is 6.42 Å². The zero-order valence-corrected chi connectivity index (χ0v) is 6.28. The van der Waals surface area contributed by atoms with Gasteiger partial charge in [0.05, 0.1) is 6.61 Å².